The number of aromatic nitrogens is 3. The van der Waals surface area contributed by atoms with E-state index in [2.05, 4.69) is 25.0 Å². The quantitative estimate of drug-likeness (QED) is 0.777. The number of hydrogen-bond donors (Lipinski definition) is 1. The van der Waals surface area contributed by atoms with E-state index < -0.39 is 0 Å². The second kappa shape index (κ2) is 6.66. The molecule has 0 unspecified atom stereocenters. The van der Waals surface area contributed by atoms with Crippen LogP contribution in [-0.4, -0.2) is 21.0 Å². The molecular weight excluding hydrogens is 319 g/mol. The number of amides is 1. The number of nitrogens with one attached hydrogen (secondary N) is 1. The third-order valence-corrected chi connectivity index (χ3v) is 3.99. The molecule has 0 aliphatic heterocycles. The summed E-state index contributed by atoms with van der Waals surface area (Å²) in [7, 11) is 0. The number of carbonyl (C=O) groups excluding carboxylic acids is 1. The first-order valence-corrected chi connectivity index (χ1v) is 7.76. The van der Waals surface area contributed by atoms with Crippen LogP contribution < -0.4 is 5.32 Å². The van der Waals surface area contributed by atoms with Crippen LogP contribution in [-0.2, 0) is 6.42 Å². The first-order chi connectivity index (χ1) is 11.1. The third-order valence-electron chi connectivity index (χ3n) is 3.14. The summed E-state index contributed by atoms with van der Waals surface area (Å²) in [5.41, 5.74) is 1.13. The zero-order valence-corrected chi connectivity index (χ0v) is 13.0. The summed E-state index contributed by atoms with van der Waals surface area (Å²) in [6.07, 6.45) is 1.69. The van der Waals surface area contributed by atoms with Crippen LogP contribution in [0.4, 0.5) is 4.39 Å². The van der Waals surface area contributed by atoms with Crippen molar-refractivity contribution in [1.82, 2.24) is 20.4 Å². The highest BCUT2D eigenvalue weighted by Crippen LogP contribution is 2.16. The van der Waals surface area contributed by atoms with Gasteiger partial charge in [0.05, 0.1) is 11.0 Å². The lowest BCUT2D eigenvalue weighted by Crippen LogP contribution is -2.27. The molecule has 0 aliphatic rings. The topological polar surface area (TPSA) is 80.9 Å². The predicted molar refractivity (Wildman–Crippen MR) is 81.5 cm³/mol. The summed E-state index contributed by atoms with van der Waals surface area (Å²) in [6.45, 7) is 1.75. The van der Waals surface area contributed by atoms with Gasteiger partial charge in [0.2, 0.25) is 6.39 Å². The van der Waals surface area contributed by atoms with Crippen LogP contribution in [0.5, 0.6) is 0 Å². The number of halogens is 1. The van der Waals surface area contributed by atoms with Crippen molar-refractivity contribution in [3.63, 3.8) is 0 Å². The Morgan fingerprint density at radius 1 is 1.48 bits per heavy atom. The number of nitrogens with zero attached hydrogens (tertiary/aromatic N) is 3. The number of rotatable bonds is 5. The third kappa shape index (κ3) is 3.78. The van der Waals surface area contributed by atoms with Crippen molar-refractivity contribution in [3.05, 3.63) is 63.9 Å². The molecule has 1 N–H and O–H groups in total. The largest absolute Gasteiger partial charge is 0.343 e. The number of benzene rings is 1. The normalized spacial score (nSPS) is 12.1. The van der Waals surface area contributed by atoms with Crippen molar-refractivity contribution in [1.29, 1.82) is 0 Å². The summed E-state index contributed by atoms with van der Waals surface area (Å²) in [5, 5.41) is 8.84. The van der Waals surface area contributed by atoms with E-state index >= 15 is 0 Å². The predicted octanol–water partition coefficient (Wildman–Crippen LogP) is 2.75. The summed E-state index contributed by atoms with van der Waals surface area (Å²) >= 11 is 1.36. The van der Waals surface area contributed by atoms with Gasteiger partial charge in [-0.25, -0.2) is 9.37 Å². The van der Waals surface area contributed by atoms with Crippen LogP contribution in [0.15, 0.2) is 40.6 Å². The fraction of sp³-hybridized carbons (Fsp3) is 0.200. The van der Waals surface area contributed by atoms with E-state index in [9.17, 15) is 9.18 Å². The molecule has 1 atom stereocenters. The van der Waals surface area contributed by atoms with E-state index in [1.54, 1.807) is 18.4 Å². The summed E-state index contributed by atoms with van der Waals surface area (Å²) in [5.74, 6) is -0.205. The Hall–Kier alpha value is -2.61. The second-order valence-electron chi connectivity index (χ2n) is 4.92. The molecule has 8 heteroatoms. The van der Waals surface area contributed by atoms with Gasteiger partial charge < -0.3 is 9.84 Å². The minimum Gasteiger partial charge on any atom is -0.343 e. The van der Waals surface area contributed by atoms with Gasteiger partial charge in [-0.05, 0) is 24.6 Å². The van der Waals surface area contributed by atoms with Gasteiger partial charge in [-0.15, -0.1) is 11.3 Å². The fourth-order valence-electron chi connectivity index (χ4n) is 2.02. The Morgan fingerprint density at radius 3 is 3.09 bits per heavy atom. The van der Waals surface area contributed by atoms with Crippen LogP contribution >= 0.6 is 11.3 Å². The van der Waals surface area contributed by atoms with E-state index in [-0.39, 0.29) is 17.8 Å². The molecule has 2 aromatic heterocycles. The fourth-order valence-corrected chi connectivity index (χ4v) is 2.83. The lowest BCUT2D eigenvalue weighted by Gasteiger charge is -2.07. The molecule has 0 fully saturated rings. The van der Waals surface area contributed by atoms with E-state index in [0.29, 0.717) is 17.9 Å². The molecule has 1 aromatic carbocycles. The van der Waals surface area contributed by atoms with Crippen molar-refractivity contribution in [2.24, 2.45) is 0 Å². The maximum Gasteiger partial charge on any atom is 0.271 e. The van der Waals surface area contributed by atoms with Crippen LogP contribution in [0.2, 0.25) is 0 Å². The smallest absolute Gasteiger partial charge is 0.271 e. The van der Waals surface area contributed by atoms with Gasteiger partial charge >= 0.3 is 0 Å². The standard InChI is InChI=1S/C15H13FN4O2S/c1-9(14-17-8-22-20-14)18-15(21)12-7-23-13(19-12)6-10-3-2-4-11(16)5-10/h2-5,7-9H,6H2,1H3,(H,18,21)/t9-/m0/s1. The lowest BCUT2D eigenvalue weighted by atomic mass is 10.1. The van der Waals surface area contributed by atoms with Crippen molar-refractivity contribution in [3.8, 4) is 0 Å². The highest BCUT2D eigenvalue weighted by Gasteiger charge is 2.17. The van der Waals surface area contributed by atoms with Gasteiger partial charge in [-0.3, -0.25) is 4.79 Å². The van der Waals surface area contributed by atoms with E-state index in [0.717, 1.165) is 10.6 Å². The molecule has 23 heavy (non-hydrogen) atoms. The molecule has 2 heterocycles. The first-order valence-electron chi connectivity index (χ1n) is 6.88. The number of hydrogen-bond acceptors (Lipinski definition) is 6. The maximum atomic E-state index is 13.2. The van der Waals surface area contributed by atoms with E-state index in [1.165, 1.54) is 29.9 Å². The molecule has 0 spiro atoms. The number of thiazole rings is 1. The number of carbonyl (C=O) groups is 1. The Bertz CT molecular complexity index is 803. The summed E-state index contributed by atoms with van der Waals surface area (Å²) < 4.78 is 17.8. The van der Waals surface area contributed by atoms with Crippen LogP contribution in [0.25, 0.3) is 0 Å². The molecule has 1 amide bonds. The van der Waals surface area contributed by atoms with Crippen LogP contribution in [0.1, 0.15) is 39.8 Å². The van der Waals surface area contributed by atoms with Gasteiger partial charge in [0.25, 0.3) is 5.91 Å². The molecule has 6 nitrogen and oxygen atoms in total. The average Bonchev–Trinajstić information content (AvgIpc) is 3.18. The van der Waals surface area contributed by atoms with E-state index in [4.69, 9.17) is 0 Å². The molecule has 3 rings (SSSR count). The minimum absolute atomic E-state index is 0.286. The Kier molecular flexibility index (Phi) is 4.42. The van der Waals surface area contributed by atoms with E-state index in [1.807, 2.05) is 6.07 Å². The van der Waals surface area contributed by atoms with Gasteiger partial charge in [0.15, 0.2) is 5.82 Å². The van der Waals surface area contributed by atoms with Gasteiger partial charge in [0.1, 0.15) is 11.5 Å². The Balaban J connectivity index is 1.65. The zero-order chi connectivity index (χ0) is 16.2. The van der Waals surface area contributed by atoms with Crippen LogP contribution in [0.3, 0.4) is 0 Å². The van der Waals surface area contributed by atoms with Crippen molar-refractivity contribution in [2.45, 2.75) is 19.4 Å². The first kappa shape index (κ1) is 15.3. The molecule has 0 radical (unpaired) electrons. The molecule has 0 saturated carbocycles. The molecular formula is C15H13FN4O2S. The second-order valence-corrected chi connectivity index (χ2v) is 5.86. The molecule has 0 bridgehead atoms. The molecule has 0 saturated heterocycles. The molecule has 0 aliphatic carbocycles. The highest BCUT2D eigenvalue weighted by molar-refractivity contribution is 7.09. The van der Waals surface area contributed by atoms with Gasteiger partial charge in [-0.1, -0.05) is 17.3 Å². The van der Waals surface area contributed by atoms with Crippen molar-refractivity contribution < 1.29 is 13.7 Å². The van der Waals surface area contributed by atoms with Crippen molar-refractivity contribution in [2.75, 3.05) is 0 Å². The minimum atomic E-state index is -0.380. The Morgan fingerprint density at radius 2 is 2.35 bits per heavy atom. The van der Waals surface area contributed by atoms with Gasteiger partial charge in [0, 0.05) is 11.8 Å². The van der Waals surface area contributed by atoms with Crippen molar-refractivity contribution >= 4 is 17.2 Å². The SMILES string of the molecule is C[C@H](NC(=O)c1csc(Cc2cccc(F)c2)n1)c1ncon1. The van der Waals surface area contributed by atoms with Crippen LogP contribution in [0, 0.1) is 5.82 Å². The summed E-state index contributed by atoms with van der Waals surface area (Å²) in [4.78, 5) is 20.3. The highest BCUT2D eigenvalue weighted by atomic mass is 32.1. The zero-order valence-electron chi connectivity index (χ0n) is 12.2. The Labute approximate surface area is 135 Å². The van der Waals surface area contributed by atoms with Gasteiger partial charge in [-0.2, -0.15) is 4.98 Å². The molecule has 3 aromatic rings. The monoisotopic (exact) mass is 332 g/mol. The maximum absolute atomic E-state index is 13.2. The molecule has 118 valence electrons. The summed E-state index contributed by atoms with van der Waals surface area (Å²) in [6, 6.07) is 5.94. The average molecular weight is 332 g/mol. The lowest BCUT2D eigenvalue weighted by molar-refractivity contribution is 0.0933.